The van der Waals surface area contributed by atoms with E-state index >= 15 is 0 Å². The van der Waals surface area contributed by atoms with Crippen molar-refractivity contribution < 1.29 is 17.7 Å². The zero-order chi connectivity index (χ0) is 26.6. The molecular weight excluding hydrogens is 506 g/mol. The summed E-state index contributed by atoms with van der Waals surface area (Å²) in [5.41, 5.74) is 3.88. The fraction of sp³-hybridized carbons (Fsp3) is 0.233. The summed E-state index contributed by atoms with van der Waals surface area (Å²) in [6, 6.07) is 24.9. The van der Waals surface area contributed by atoms with E-state index in [0.717, 1.165) is 34.0 Å². The number of aliphatic hydroxyl groups is 1. The molecule has 4 aromatic rings. The average Bonchev–Trinajstić information content (AvgIpc) is 2.84. The van der Waals surface area contributed by atoms with Crippen LogP contribution in [0.1, 0.15) is 54.3 Å². The first-order valence-corrected chi connectivity index (χ1v) is 14.2. The van der Waals surface area contributed by atoms with Gasteiger partial charge in [0.2, 0.25) is 0 Å². The lowest BCUT2D eigenvalue weighted by Gasteiger charge is -2.26. The topological polar surface area (TPSA) is 76.5 Å². The number of pyridine rings is 1. The number of fused-ring (bicyclic) bond motifs is 1. The largest absolute Gasteiger partial charge is 0.386 e. The number of nitrogens with zero attached hydrogens (tertiary/aromatic N) is 1. The monoisotopic (exact) mass is 535 g/mol. The van der Waals surface area contributed by atoms with E-state index in [0.29, 0.717) is 29.0 Å². The number of rotatable bonds is 9. The van der Waals surface area contributed by atoms with E-state index in [1.54, 1.807) is 19.9 Å². The van der Waals surface area contributed by atoms with E-state index in [2.05, 4.69) is 11.1 Å². The molecule has 5 nitrogen and oxygen atoms in total. The second kappa shape index (κ2) is 11.2. The van der Waals surface area contributed by atoms with Crippen molar-refractivity contribution in [1.82, 2.24) is 4.98 Å². The summed E-state index contributed by atoms with van der Waals surface area (Å²) in [6.45, 7) is 3.36. The molecule has 0 saturated heterocycles. The summed E-state index contributed by atoms with van der Waals surface area (Å²) in [4.78, 5) is 4.66. The third-order valence-electron chi connectivity index (χ3n) is 6.03. The van der Waals surface area contributed by atoms with Crippen LogP contribution in [0.3, 0.4) is 0 Å². The van der Waals surface area contributed by atoms with Crippen LogP contribution in [0.4, 0.5) is 0 Å². The van der Waals surface area contributed by atoms with Gasteiger partial charge < -0.3 is 5.11 Å². The van der Waals surface area contributed by atoms with Crippen molar-refractivity contribution in [2.24, 2.45) is 0 Å². The molecule has 0 aliphatic heterocycles. The Morgan fingerprint density at radius 2 is 1.76 bits per heavy atom. The van der Waals surface area contributed by atoms with Crippen LogP contribution in [0.2, 0.25) is 5.02 Å². The Hall–Kier alpha value is -3.03. The van der Waals surface area contributed by atoms with Gasteiger partial charge in [0.15, 0.2) is 0 Å². The smallest absolute Gasteiger partial charge is 0.264 e. The first kappa shape index (κ1) is 27.0. The summed E-state index contributed by atoms with van der Waals surface area (Å²) < 4.78 is 29.6. The van der Waals surface area contributed by atoms with Crippen molar-refractivity contribution in [3.05, 3.63) is 112 Å². The third kappa shape index (κ3) is 7.49. The lowest BCUT2D eigenvalue weighted by Crippen LogP contribution is -2.21. The fourth-order valence-corrected chi connectivity index (χ4v) is 5.12. The molecule has 0 spiro atoms. The number of hydrogen-bond acceptors (Lipinski definition) is 5. The molecule has 0 aliphatic carbocycles. The lowest BCUT2D eigenvalue weighted by atomic mass is 9.89. The highest BCUT2D eigenvalue weighted by Gasteiger charge is 2.26. The molecule has 4 rings (SSSR count). The lowest BCUT2D eigenvalue weighted by molar-refractivity contribution is 0.0740. The average molecular weight is 536 g/mol. The van der Waals surface area contributed by atoms with Gasteiger partial charge in [0, 0.05) is 10.4 Å². The highest BCUT2D eigenvalue weighted by molar-refractivity contribution is 7.86. The Bertz CT molecular complexity index is 1540. The fourth-order valence-electron chi connectivity index (χ4n) is 4.33. The van der Waals surface area contributed by atoms with Crippen LogP contribution in [0.25, 0.3) is 23.1 Å². The van der Waals surface area contributed by atoms with Crippen LogP contribution >= 0.6 is 11.6 Å². The normalized spacial score (nSPS) is 13.3. The van der Waals surface area contributed by atoms with E-state index < -0.39 is 21.8 Å². The Morgan fingerprint density at radius 3 is 2.51 bits per heavy atom. The van der Waals surface area contributed by atoms with Crippen molar-refractivity contribution in [2.45, 2.75) is 38.4 Å². The number of halogens is 1. The summed E-state index contributed by atoms with van der Waals surface area (Å²) in [7, 11) is -3.71. The zero-order valence-corrected chi connectivity index (χ0v) is 22.6. The Kier molecular flexibility index (Phi) is 8.14. The second-order valence-electron chi connectivity index (χ2n) is 9.63. The second-order valence-corrected chi connectivity index (χ2v) is 11.7. The minimum absolute atomic E-state index is 0.431. The van der Waals surface area contributed by atoms with Gasteiger partial charge in [-0.1, -0.05) is 78.3 Å². The number of hydrogen-bond donors (Lipinski definition) is 1. The number of aryl methyl sites for hydroxylation is 1. The van der Waals surface area contributed by atoms with Crippen molar-refractivity contribution in [3.8, 4) is 0 Å². The van der Waals surface area contributed by atoms with Gasteiger partial charge in [0.05, 0.1) is 23.1 Å². The van der Waals surface area contributed by atoms with Gasteiger partial charge in [0.1, 0.15) is 6.10 Å². The maximum absolute atomic E-state index is 12.1. The SMILES string of the molecule is CC(C)(O)c1ccccc1[C@H](CCc1cccc(/C=C/c2ccc3ccc(Cl)cc3n2)c1)OS(C)(=O)=O. The van der Waals surface area contributed by atoms with E-state index in [4.69, 9.17) is 15.8 Å². The van der Waals surface area contributed by atoms with Crippen LogP contribution in [0.15, 0.2) is 78.9 Å². The zero-order valence-electron chi connectivity index (χ0n) is 21.1. The van der Waals surface area contributed by atoms with Crippen LogP contribution in [-0.4, -0.2) is 24.8 Å². The molecule has 7 heteroatoms. The summed E-state index contributed by atoms with van der Waals surface area (Å²) in [5.74, 6) is 0. The Morgan fingerprint density at radius 1 is 1.00 bits per heavy atom. The van der Waals surface area contributed by atoms with Crippen LogP contribution in [0, 0.1) is 0 Å². The van der Waals surface area contributed by atoms with Crippen LogP contribution in [-0.2, 0) is 26.3 Å². The molecule has 1 heterocycles. The van der Waals surface area contributed by atoms with Gasteiger partial charge in [-0.25, -0.2) is 4.98 Å². The van der Waals surface area contributed by atoms with Crippen molar-refractivity contribution >= 4 is 44.8 Å². The summed E-state index contributed by atoms with van der Waals surface area (Å²) in [6.07, 6.45) is 5.30. The van der Waals surface area contributed by atoms with Gasteiger partial charge in [0.25, 0.3) is 10.1 Å². The maximum atomic E-state index is 12.1. The molecule has 0 radical (unpaired) electrons. The molecule has 0 fully saturated rings. The van der Waals surface area contributed by atoms with Gasteiger partial charge in [-0.15, -0.1) is 0 Å². The van der Waals surface area contributed by atoms with Gasteiger partial charge in [-0.05, 0) is 73.2 Å². The van der Waals surface area contributed by atoms with Crippen molar-refractivity contribution in [2.75, 3.05) is 6.26 Å². The van der Waals surface area contributed by atoms with Crippen LogP contribution in [0.5, 0.6) is 0 Å². The van der Waals surface area contributed by atoms with Gasteiger partial charge in [-0.2, -0.15) is 8.42 Å². The molecule has 1 N–H and O–H groups in total. The van der Waals surface area contributed by atoms with Crippen molar-refractivity contribution in [3.63, 3.8) is 0 Å². The number of aromatic nitrogens is 1. The van der Waals surface area contributed by atoms with E-state index in [-0.39, 0.29) is 0 Å². The molecule has 192 valence electrons. The number of benzene rings is 3. The molecule has 37 heavy (non-hydrogen) atoms. The minimum Gasteiger partial charge on any atom is -0.386 e. The standard InChI is InChI=1S/C30H30ClNO4S/c1-30(2,33)27-10-5-4-9-26(27)29(36-37(3,34)35)18-12-22-8-6-7-21(19-22)11-16-25-17-14-23-13-15-24(31)20-28(23)32-25/h4-11,13-17,19-20,29,33H,12,18H2,1-3H3/b16-11+/t29-/m0/s1. The van der Waals surface area contributed by atoms with E-state index in [9.17, 15) is 13.5 Å². The minimum atomic E-state index is -3.71. The molecule has 0 bridgehead atoms. The van der Waals surface area contributed by atoms with Crippen LogP contribution < -0.4 is 0 Å². The summed E-state index contributed by atoms with van der Waals surface area (Å²) in [5, 5.41) is 12.3. The molecule has 0 saturated carbocycles. The molecule has 0 unspecified atom stereocenters. The molecule has 3 aromatic carbocycles. The first-order valence-electron chi connectivity index (χ1n) is 12.0. The first-order chi connectivity index (χ1) is 17.5. The van der Waals surface area contributed by atoms with Crippen molar-refractivity contribution in [1.29, 1.82) is 0 Å². The predicted octanol–water partition coefficient (Wildman–Crippen LogP) is 6.94. The highest BCUT2D eigenvalue weighted by atomic mass is 35.5. The highest BCUT2D eigenvalue weighted by Crippen LogP contribution is 2.33. The molecule has 1 aromatic heterocycles. The van der Waals surface area contributed by atoms with Gasteiger partial charge >= 0.3 is 0 Å². The Labute approximate surface area is 223 Å². The molecule has 1 atom stereocenters. The molecule has 0 aliphatic rings. The van der Waals surface area contributed by atoms with Gasteiger partial charge in [-0.3, -0.25) is 4.18 Å². The Balaban J connectivity index is 1.54. The predicted molar refractivity (Wildman–Crippen MR) is 151 cm³/mol. The summed E-state index contributed by atoms with van der Waals surface area (Å²) >= 11 is 6.11. The molecular formula is C30H30ClNO4S. The van der Waals surface area contributed by atoms with E-state index in [1.165, 1.54) is 0 Å². The quantitative estimate of drug-likeness (QED) is 0.235. The maximum Gasteiger partial charge on any atom is 0.264 e. The molecule has 0 amide bonds. The van der Waals surface area contributed by atoms with E-state index in [1.807, 2.05) is 78.9 Å². The third-order valence-corrected chi connectivity index (χ3v) is 6.84.